The van der Waals surface area contributed by atoms with Gasteiger partial charge in [0.2, 0.25) is 28.9 Å². The second-order valence-corrected chi connectivity index (χ2v) is 28.0. The van der Waals surface area contributed by atoms with E-state index in [1.165, 1.54) is 12.8 Å². The van der Waals surface area contributed by atoms with Gasteiger partial charge >= 0.3 is 12.3 Å². The summed E-state index contributed by atoms with van der Waals surface area (Å²) in [6.07, 6.45) is 4.50. The molecule has 12 N–H and O–H groups in total. The van der Waals surface area contributed by atoms with Gasteiger partial charge in [0.25, 0.3) is 0 Å². The molecule has 5 rings (SSSR count). The number of nitrogens with one attached hydrogen (secondary N) is 6. The Morgan fingerprint density at radius 2 is 0.676 bits per heavy atom. The van der Waals surface area contributed by atoms with Crippen LogP contribution in [0.2, 0.25) is 0 Å². The number of ether oxygens (including phenoxy) is 3. The van der Waals surface area contributed by atoms with Gasteiger partial charge in [0.1, 0.15) is 17.1 Å². The lowest BCUT2D eigenvalue weighted by molar-refractivity contribution is -0.118. The van der Waals surface area contributed by atoms with E-state index in [2.05, 4.69) is 55.4 Å². The van der Waals surface area contributed by atoms with Crippen LogP contribution in [0.5, 0.6) is 0 Å². The van der Waals surface area contributed by atoms with Crippen molar-refractivity contribution in [2.24, 2.45) is 11.5 Å². The van der Waals surface area contributed by atoms with E-state index < -0.39 is 28.8 Å². The van der Waals surface area contributed by atoms with Gasteiger partial charge in [0.15, 0.2) is 0 Å². The average Bonchev–Trinajstić information content (AvgIpc) is 0.898. The Hall–Kier alpha value is -7.22. The van der Waals surface area contributed by atoms with Crippen molar-refractivity contribution in [1.82, 2.24) is 25.3 Å². The molecule has 0 bridgehead atoms. The fourth-order valence-electron chi connectivity index (χ4n) is 9.15. The molecule has 0 aliphatic carbocycles. The Kier molecular flexibility index (Phi) is 57.2. The summed E-state index contributed by atoms with van der Waals surface area (Å²) < 4.78 is 13.8. The first-order valence-electron chi connectivity index (χ1n) is 35.7. The molecule has 0 heterocycles. The summed E-state index contributed by atoms with van der Waals surface area (Å²) in [6.45, 7) is 42.6. The van der Waals surface area contributed by atoms with Gasteiger partial charge < -0.3 is 63.3 Å². The highest BCUT2D eigenvalue weighted by atomic mass is 35.5. The molecule has 5 aromatic rings. The minimum Gasteiger partial charge on any atom is -0.428 e. The minimum absolute atomic E-state index is 0.00480. The predicted octanol–water partition coefficient (Wildman–Crippen LogP) is 14.8. The summed E-state index contributed by atoms with van der Waals surface area (Å²) in [6, 6.07) is 30.0. The average molecular weight is 1530 g/mol. The standard InChI is InChI=1S/C26H38N4O2.C14H22N2O.C10H12ClNO.C10H18O5.C8H11N.C6H16N2.C4H12N2.C2H2Cl2O/c1-19-11-9-12-20(2)25(19)27-23(31)17-29(5)15-7-8-16-30(6)18-24(32)28-26-21(3)13-10-14-22(26)4;1-5-16(6-2)10-13(17)15-14-11(3)8-7-9-12(14)4;1-7-4-3-5-8(2)10(7)12-9(13)6-11;1-9(2,3)14-7(11)13-8(12)15-10(4,5)6;1-6-4-3-5-7(2)8(6)9;1-7-5-3-4-6-8-2;5-3-1-2-4-6;3-1-2(4)5/h9-14H,7-8,15-18H2,1-6H3,(H,27,31)(H,28,32);7-9H,5-6,10H2,1-4H3,(H,15,17);3-5H,6H2,1-2H3,(H,12,13);1-6H3;3-5H,9H2,1-2H3;7-8H,3-6H2,1-2H3;1-6H2;1H2. The molecule has 0 aliphatic heterocycles. The highest BCUT2D eigenvalue weighted by Gasteiger charge is 2.24. The summed E-state index contributed by atoms with van der Waals surface area (Å²) in [5, 5.41) is 17.5. The lowest BCUT2D eigenvalue weighted by atomic mass is 10.1. The molecule has 4 amide bonds. The summed E-state index contributed by atoms with van der Waals surface area (Å²) in [7, 11) is 7.90. The van der Waals surface area contributed by atoms with Crippen LogP contribution in [-0.4, -0.2) is 179 Å². The summed E-state index contributed by atoms with van der Waals surface area (Å²) >= 11 is 14.9. The maximum atomic E-state index is 12.4. The van der Waals surface area contributed by atoms with Crippen molar-refractivity contribution >= 4 is 104 Å². The number of nitrogen functional groups attached to an aromatic ring is 1. The van der Waals surface area contributed by atoms with Crippen molar-refractivity contribution in [3.05, 3.63) is 147 Å². The zero-order valence-corrected chi connectivity index (χ0v) is 69.7. The van der Waals surface area contributed by atoms with E-state index >= 15 is 0 Å². The number of hydrogen-bond donors (Lipinski definition) is 9. The molecule has 0 unspecified atom stereocenters. The van der Waals surface area contributed by atoms with E-state index in [0.29, 0.717) is 19.6 Å². The van der Waals surface area contributed by atoms with Crippen LogP contribution in [0.4, 0.5) is 38.0 Å². The van der Waals surface area contributed by atoms with Gasteiger partial charge in [-0.05, 0) is 297 Å². The molecular formula is C80H131Cl3N12O10. The number of hydrogen-bond acceptors (Lipinski definition) is 18. The lowest BCUT2D eigenvalue weighted by Gasteiger charge is -2.20. The number of benzene rings is 5. The summed E-state index contributed by atoms with van der Waals surface area (Å²) in [4.78, 5) is 85.3. The maximum absolute atomic E-state index is 12.4. The van der Waals surface area contributed by atoms with Crippen molar-refractivity contribution in [2.75, 3.05) is 139 Å². The van der Waals surface area contributed by atoms with Crippen LogP contribution < -0.4 is 49.1 Å². The highest BCUT2D eigenvalue weighted by molar-refractivity contribution is 6.67. The number of amides is 4. The topological polar surface area (TPSA) is 307 Å². The Balaban J connectivity index is -0.00000122. The van der Waals surface area contributed by atoms with Crippen LogP contribution in [0.15, 0.2) is 91.0 Å². The van der Waals surface area contributed by atoms with Gasteiger partial charge in [-0.15, -0.1) is 23.2 Å². The molecule has 105 heavy (non-hydrogen) atoms. The number of likely N-dealkylation sites (N-methyl/N-ethyl adjacent to an activating group) is 3. The first-order valence-corrected chi connectivity index (χ1v) is 37.1. The van der Waals surface area contributed by atoms with Crippen LogP contribution >= 0.6 is 34.8 Å². The number of rotatable bonds is 27. The molecule has 0 radical (unpaired) electrons. The molecule has 592 valence electrons. The zero-order chi connectivity index (χ0) is 80.8. The molecule has 0 atom stereocenters. The monoisotopic (exact) mass is 1520 g/mol. The van der Waals surface area contributed by atoms with E-state index in [1.807, 2.05) is 198 Å². The van der Waals surface area contributed by atoms with E-state index in [-0.39, 0.29) is 35.4 Å². The van der Waals surface area contributed by atoms with Crippen molar-refractivity contribution in [3.63, 3.8) is 0 Å². The van der Waals surface area contributed by atoms with Crippen LogP contribution in [0, 0.1) is 69.2 Å². The molecule has 25 heteroatoms. The fourth-order valence-corrected chi connectivity index (χ4v) is 9.21. The molecule has 0 fully saturated rings. The number of carbonyl (C=O) groups is 7. The number of carbonyl (C=O) groups excluding carboxylic acids is 7. The second-order valence-electron chi connectivity index (χ2n) is 27.1. The third kappa shape index (κ3) is 53.2. The number of halogens is 3. The normalized spacial score (nSPS) is 10.5. The van der Waals surface area contributed by atoms with Crippen LogP contribution in [0.1, 0.15) is 150 Å². The van der Waals surface area contributed by atoms with E-state index in [1.54, 1.807) is 41.5 Å². The number of anilines is 5. The number of alkyl halides is 2. The smallest absolute Gasteiger partial charge is 0.428 e. The van der Waals surface area contributed by atoms with Crippen LogP contribution in [0.25, 0.3) is 0 Å². The molecule has 5 aromatic carbocycles. The van der Waals surface area contributed by atoms with Gasteiger partial charge in [-0.25, -0.2) is 9.59 Å². The SMILES string of the molecule is CC(C)(C)OC(=O)OC(=O)OC(C)(C)C.CCN(CC)CC(=O)Nc1c(C)cccc1C.CNCCCCNC.Cc1cccc(C)c1N.Cc1cccc(C)c1NC(=O)CCl.Cc1cccc(C)c1NC(=O)CN(C)CCCCN(C)CC(=O)Nc1c(C)cccc1C.NCCCCN.O=C(Cl)CCl. The third-order valence-corrected chi connectivity index (χ3v) is 15.6. The Bertz CT molecular complexity index is 3090. The molecule has 22 nitrogen and oxygen atoms in total. The molecule has 0 aromatic heterocycles. The first-order chi connectivity index (χ1) is 49.2. The summed E-state index contributed by atoms with van der Waals surface area (Å²) in [5.41, 5.74) is 30.1. The van der Waals surface area contributed by atoms with Crippen LogP contribution in [0.3, 0.4) is 0 Å². The lowest BCUT2D eigenvalue weighted by Crippen LogP contribution is -2.33. The number of unbranched alkanes of at least 4 members (excludes halogenated alkanes) is 3. The Morgan fingerprint density at radius 1 is 0.419 bits per heavy atom. The second kappa shape index (κ2) is 58.9. The fraction of sp³-hybridized carbons (Fsp3) is 0.537. The number of para-hydroxylation sites is 5. The Morgan fingerprint density at radius 3 is 0.895 bits per heavy atom. The third-order valence-electron chi connectivity index (χ3n) is 14.9. The first kappa shape index (κ1) is 102. The quantitative estimate of drug-likeness (QED) is 0.00589. The molecule has 0 aliphatic rings. The minimum atomic E-state index is -1.06. The van der Waals surface area contributed by atoms with E-state index in [4.69, 9.17) is 61.5 Å². The molecule has 0 spiro atoms. The maximum Gasteiger partial charge on any atom is 0.519 e. The van der Waals surface area contributed by atoms with Crippen molar-refractivity contribution in [1.29, 1.82) is 0 Å². The largest absolute Gasteiger partial charge is 0.519 e. The number of nitrogens with zero attached hydrogens (tertiary/aromatic N) is 3. The van der Waals surface area contributed by atoms with Crippen molar-refractivity contribution < 1.29 is 47.8 Å². The van der Waals surface area contributed by atoms with Crippen molar-refractivity contribution in [3.8, 4) is 0 Å². The predicted molar refractivity (Wildman–Crippen MR) is 441 cm³/mol. The molecule has 0 saturated carbocycles. The van der Waals surface area contributed by atoms with E-state index in [0.717, 1.165) is 162 Å². The highest BCUT2D eigenvalue weighted by Crippen LogP contribution is 2.23. The molecular weight excluding hydrogens is 1400 g/mol. The van der Waals surface area contributed by atoms with Gasteiger partial charge in [-0.2, -0.15) is 0 Å². The van der Waals surface area contributed by atoms with E-state index in [9.17, 15) is 33.6 Å². The Labute approximate surface area is 645 Å². The number of nitrogens with two attached hydrogens (primary N) is 3. The van der Waals surface area contributed by atoms with Gasteiger partial charge in [-0.3, -0.25) is 38.7 Å². The van der Waals surface area contributed by atoms with Crippen molar-refractivity contribution in [2.45, 2.75) is 174 Å². The summed E-state index contributed by atoms with van der Waals surface area (Å²) in [5.74, 6) is -0.199. The molecule has 0 saturated heterocycles. The zero-order valence-electron chi connectivity index (χ0n) is 67.4. The number of aryl methyl sites for hydroxylation is 10. The van der Waals surface area contributed by atoms with Gasteiger partial charge in [0.05, 0.1) is 25.5 Å². The van der Waals surface area contributed by atoms with Gasteiger partial charge in [0, 0.05) is 28.4 Å². The van der Waals surface area contributed by atoms with Gasteiger partial charge in [-0.1, -0.05) is 105 Å². The van der Waals surface area contributed by atoms with Crippen LogP contribution in [-0.2, 0) is 38.2 Å².